The molecule has 0 aromatic heterocycles. The Morgan fingerprint density at radius 3 is 1.77 bits per heavy atom. The number of aliphatic hydroxyl groups is 7. The number of hydrogen-bond acceptors (Lipinski definition) is 14. The summed E-state index contributed by atoms with van der Waals surface area (Å²) in [6, 6.07) is -1.34. The standard InChI is InChI=1S/C16H27NO13/c17-7(16(28)30-6-10(22)13(25)8(20)3-18)1-2-12(24)29-5-11(23)15(27)14(26)9(21)4-19/h3-4,7-11,13-15,20-23,25-27H,1-2,5-6,17H2/t7-,8+,9-,10+,11+,13-,14+,15+/m0/s1. The van der Waals surface area contributed by atoms with Crippen LogP contribution in [0.1, 0.15) is 12.8 Å². The third-order valence-electron chi connectivity index (χ3n) is 3.89. The van der Waals surface area contributed by atoms with Crippen LogP contribution in [0.15, 0.2) is 0 Å². The maximum Gasteiger partial charge on any atom is 0.323 e. The largest absolute Gasteiger partial charge is 0.463 e. The van der Waals surface area contributed by atoms with E-state index in [9.17, 15) is 44.7 Å². The molecule has 0 spiro atoms. The van der Waals surface area contributed by atoms with Gasteiger partial charge in [-0.3, -0.25) is 9.59 Å². The highest BCUT2D eigenvalue weighted by atomic mass is 16.6. The van der Waals surface area contributed by atoms with E-state index in [1.807, 2.05) is 0 Å². The molecule has 0 radical (unpaired) electrons. The van der Waals surface area contributed by atoms with Gasteiger partial charge in [-0.1, -0.05) is 0 Å². The van der Waals surface area contributed by atoms with E-state index in [2.05, 4.69) is 9.47 Å². The van der Waals surface area contributed by atoms with Gasteiger partial charge in [-0.25, -0.2) is 0 Å². The summed E-state index contributed by atoms with van der Waals surface area (Å²) in [6.45, 7) is -1.56. The average Bonchev–Trinajstić information content (AvgIpc) is 2.75. The van der Waals surface area contributed by atoms with E-state index in [-0.39, 0.29) is 19.0 Å². The van der Waals surface area contributed by atoms with Crippen molar-refractivity contribution in [3.05, 3.63) is 0 Å². The molecule has 0 fully saturated rings. The molecule has 30 heavy (non-hydrogen) atoms. The minimum Gasteiger partial charge on any atom is -0.463 e. The van der Waals surface area contributed by atoms with E-state index in [4.69, 9.17) is 15.9 Å². The van der Waals surface area contributed by atoms with Gasteiger partial charge in [0.2, 0.25) is 0 Å². The zero-order valence-electron chi connectivity index (χ0n) is 15.8. The second-order valence-corrected chi connectivity index (χ2v) is 6.32. The lowest BCUT2D eigenvalue weighted by Crippen LogP contribution is -2.46. The van der Waals surface area contributed by atoms with E-state index in [0.717, 1.165) is 0 Å². The van der Waals surface area contributed by atoms with Crippen LogP contribution in [-0.2, 0) is 28.7 Å². The Labute approximate surface area is 170 Å². The highest BCUT2D eigenvalue weighted by molar-refractivity contribution is 5.77. The quantitative estimate of drug-likeness (QED) is 0.0870. The molecule has 14 nitrogen and oxygen atoms in total. The molecule has 0 aromatic carbocycles. The van der Waals surface area contributed by atoms with Crippen molar-refractivity contribution in [2.24, 2.45) is 5.73 Å². The minimum atomic E-state index is -2.00. The van der Waals surface area contributed by atoms with Crippen molar-refractivity contribution in [1.82, 2.24) is 0 Å². The minimum absolute atomic E-state index is 0.0197. The summed E-state index contributed by atoms with van der Waals surface area (Å²) >= 11 is 0. The molecular formula is C16H27NO13. The molecular weight excluding hydrogens is 414 g/mol. The average molecular weight is 441 g/mol. The van der Waals surface area contributed by atoms with Gasteiger partial charge in [0.15, 0.2) is 12.6 Å². The summed E-state index contributed by atoms with van der Waals surface area (Å²) < 4.78 is 9.21. The predicted molar refractivity (Wildman–Crippen MR) is 93.3 cm³/mol. The number of carbonyl (C=O) groups is 4. The fourth-order valence-electron chi connectivity index (χ4n) is 1.93. The van der Waals surface area contributed by atoms with Crippen molar-refractivity contribution in [1.29, 1.82) is 0 Å². The van der Waals surface area contributed by atoms with Crippen molar-refractivity contribution in [3.8, 4) is 0 Å². The van der Waals surface area contributed by atoms with Crippen LogP contribution in [0.5, 0.6) is 0 Å². The molecule has 0 rings (SSSR count). The Morgan fingerprint density at radius 1 is 0.767 bits per heavy atom. The molecule has 0 unspecified atom stereocenters. The third kappa shape index (κ3) is 9.64. The first kappa shape index (κ1) is 28.0. The molecule has 0 bridgehead atoms. The normalized spacial score (nSPS) is 19.3. The van der Waals surface area contributed by atoms with Gasteiger partial charge in [0, 0.05) is 6.42 Å². The Hall–Kier alpha value is -2.04. The fourth-order valence-corrected chi connectivity index (χ4v) is 1.93. The van der Waals surface area contributed by atoms with Gasteiger partial charge in [0.1, 0.15) is 62.0 Å². The molecule has 0 amide bonds. The molecule has 0 heterocycles. The summed E-state index contributed by atoms with van der Waals surface area (Å²) in [7, 11) is 0. The molecule has 0 aliphatic rings. The zero-order valence-corrected chi connectivity index (χ0v) is 15.8. The van der Waals surface area contributed by atoms with Gasteiger partial charge in [-0.05, 0) is 6.42 Å². The molecule has 0 saturated heterocycles. The predicted octanol–water partition coefficient (Wildman–Crippen LogP) is -5.90. The number of aldehydes is 2. The highest BCUT2D eigenvalue weighted by Gasteiger charge is 2.31. The number of aliphatic hydroxyl groups excluding tert-OH is 7. The Morgan fingerprint density at radius 2 is 1.23 bits per heavy atom. The molecule has 174 valence electrons. The first-order valence-electron chi connectivity index (χ1n) is 8.71. The van der Waals surface area contributed by atoms with E-state index in [1.165, 1.54) is 0 Å². The van der Waals surface area contributed by atoms with Crippen molar-refractivity contribution in [2.45, 2.75) is 61.6 Å². The molecule has 9 N–H and O–H groups in total. The van der Waals surface area contributed by atoms with Crippen molar-refractivity contribution in [2.75, 3.05) is 13.2 Å². The summed E-state index contributed by atoms with van der Waals surface area (Å²) in [5, 5.41) is 65.4. The lowest BCUT2D eigenvalue weighted by molar-refractivity contribution is -0.157. The second-order valence-electron chi connectivity index (χ2n) is 6.32. The van der Waals surface area contributed by atoms with Crippen molar-refractivity contribution < 1.29 is 64.4 Å². The van der Waals surface area contributed by atoms with E-state index in [0.29, 0.717) is 0 Å². The number of carbonyl (C=O) groups excluding carboxylic acids is 4. The third-order valence-corrected chi connectivity index (χ3v) is 3.89. The van der Waals surface area contributed by atoms with Gasteiger partial charge in [0.05, 0.1) is 0 Å². The summed E-state index contributed by atoms with van der Waals surface area (Å²) in [4.78, 5) is 43.9. The van der Waals surface area contributed by atoms with E-state index in [1.54, 1.807) is 0 Å². The van der Waals surface area contributed by atoms with Gasteiger partial charge >= 0.3 is 11.9 Å². The van der Waals surface area contributed by atoms with Gasteiger partial charge in [0.25, 0.3) is 0 Å². The Balaban J connectivity index is 4.27. The fraction of sp³-hybridized carbons (Fsp3) is 0.750. The number of rotatable bonds is 15. The number of esters is 2. The molecule has 0 aromatic rings. The first-order chi connectivity index (χ1) is 14.0. The van der Waals surface area contributed by atoms with Crippen LogP contribution in [0.2, 0.25) is 0 Å². The Bertz CT molecular complexity index is 559. The maximum absolute atomic E-state index is 11.7. The highest BCUT2D eigenvalue weighted by Crippen LogP contribution is 2.07. The van der Waals surface area contributed by atoms with Gasteiger partial charge in [-0.15, -0.1) is 0 Å². The summed E-state index contributed by atoms with van der Waals surface area (Å²) in [6.07, 6.45) is -14.0. The van der Waals surface area contributed by atoms with Crippen LogP contribution >= 0.6 is 0 Å². The van der Waals surface area contributed by atoms with Crippen LogP contribution in [-0.4, -0.2) is 122 Å². The zero-order chi connectivity index (χ0) is 23.4. The molecule has 14 heteroatoms. The maximum atomic E-state index is 11.7. The number of ether oxygens (including phenoxy) is 2. The van der Waals surface area contributed by atoms with Gasteiger partial charge < -0.3 is 60.5 Å². The van der Waals surface area contributed by atoms with Gasteiger partial charge in [-0.2, -0.15) is 0 Å². The monoisotopic (exact) mass is 441 g/mol. The molecule has 0 aliphatic heterocycles. The van der Waals surface area contributed by atoms with Crippen molar-refractivity contribution >= 4 is 24.5 Å². The smallest absolute Gasteiger partial charge is 0.323 e. The van der Waals surface area contributed by atoms with Crippen LogP contribution in [0.25, 0.3) is 0 Å². The summed E-state index contributed by atoms with van der Waals surface area (Å²) in [5.74, 6) is -2.00. The Kier molecular flexibility index (Phi) is 13.1. The topological polar surface area (TPSA) is 254 Å². The lowest BCUT2D eigenvalue weighted by Gasteiger charge is -2.23. The van der Waals surface area contributed by atoms with E-state index >= 15 is 0 Å². The van der Waals surface area contributed by atoms with Crippen LogP contribution in [0, 0.1) is 0 Å². The molecule has 0 saturated carbocycles. The number of nitrogens with two attached hydrogens (primary N) is 1. The molecule has 8 atom stereocenters. The second kappa shape index (κ2) is 14.1. The van der Waals surface area contributed by atoms with Crippen molar-refractivity contribution in [3.63, 3.8) is 0 Å². The SMILES string of the molecule is N[C@@H](CCC(=O)OC[C@@H](O)[C@@H](O)[C@H](O)[C@@H](O)C=O)C(=O)OC[C@@H](O)[C@@H](O)[C@H](O)C=O. The molecule has 0 aliphatic carbocycles. The lowest BCUT2D eigenvalue weighted by atomic mass is 10.0. The number of hydrogen-bond donors (Lipinski definition) is 8. The van der Waals surface area contributed by atoms with Crippen LogP contribution in [0.4, 0.5) is 0 Å². The summed E-state index contributed by atoms with van der Waals surface area (Å²) in [5.41, 5.74) is 5.49. The van der Waals surface area contributed by atoms with Crippen LogP contribution < -0.4 is 5.73 Å². The first-order valence-corrected chi connectivity index (χ1v) is 8.71. The van der Waals surface area contributed by atoms with Crippen LogP contribution in [0.3, 0.4) is 0 Å². The van der Waals surface area contributed by atoms with E-state index < -0.39 is 80.3 Å².